The second-order valence-electron chi connectivity index (χ2n) is 5.61. The van der Waals surface area contributed by atoms with E-state index in [9.17, 15) is 14.7 Å². The lowest BCUT2D eigenvalue weighted by atomic mass is 10.0. The molecule has 1 atom stereocenters. The molecule has 126 valence electrons. The van der Waals surface area contributed by atoms with Gasteiger partial charge in [-0.3, -0.25) is 4.79 Å². The Balaban J connectivity index is 1.81. The molecule has 1 fully saturated rings. The quantitative estimate of drug-likeness (QED) is 0.921. The Morgan fingerprint density at radius 2 is 2.04 bits per heavy atom. The van der Waals surface area contributed by atoms with E-state index in [1.807, 2.05) is 24.3 Å². The zero-order valence-electron chi connectivity index (χ0n) is 13.3. The van der Waals surface area contributed by atoms with Gasteiger partial charge in [-0.1, -0.05) is 0 Å². The summed E-state index contributed by atoms with van der Waals surface area (Å²) in [6, 6.07) is 6.70. The number of aromatic nitrogens is 1. The number of ether oxygens (including phenoxy) is 1. The first-order valence-corrected chi connectivity index (χ1v) is 8.56. The number of carboxylic acids is 1. The molecule has 7 heteroatoms. The molecule has 0 radical (unpaired) electrons. The molecule has 1 N–H and O–H groups in total. The van der Waals surface area contributed by atoms with E-state index in [-0.39, 0.29) is 5.91 Å². The fraction of sp³-hybridized carbons (Fsp3) is 0.353. The molecular formula is C17H18N2O4S. The van der Waals surface area contributed by atoms with Crippen LogP contribution in [0.5, 0.6) is 5.75 Å². The van der Waals surface area contributed by atoms with E-state index in [0.717, 1.165) is 29.2 Å². The van der Waals surface area contributed by atoms with Crippen LogP contribution < -0.4 is 4.74 Å². The van der Waals surface area contributed by atoms with Crippen molar-refractivity contribution in [1.82, 2.24) is 9.88 Å². The van der Waals surface area contributed by atoms with E-state index in [4.69, 9.17) is 4.74 Å². The Morgan fingerprint density at radius 1 is 1.29 bits per heavy atom. The summed E-state index contributed by atoms with van der Waals surface area (Å²) in [5, 5.41) is 10.0. The molecule has 1 aromatic carbocycles. The molecular weight excluding hydrogens is 328 g/mol. The summed E-state index contributed by atoms with van der Waals surface area (Å²) in [4.78, 5) is 30.3. The smallest absolute Gasteiger partial charge is 0.326 e. The van der Waals surface area contributed by atoms with Gasteiger partial charge in [0, 0.05) is 12.1 Å². The number of piperidine rings is 1. The number of aliphatic carboxylic acids is 1. The maximum absolute atomic E-state index is 12.7. The minimum absolute atomic E-state index is 0.251. The fourth-order valence-electron chi connectivity index (χ4n) is 2.81. The minimum atomic E-state index is -0.942. The highest BCUT2D eigenvalue weighted by atomic mass is 32.1. The average molecular weight is 346 g/mol. The number of carboxylic acid groups (broad SMARTS) is 1. The van der Waals surface area contributed by atoms with Crippen LogP contribution in [0.1, 0.15) is 28.9 Å². The largest absolute Gasteiger partial charge is 0.497 e. The third-order valence-electron chi connectivity index (χ3n) is 4.10. The summed E-state index contributed by atoms with van der Waals surface area (Å²) in [7, 11) is 1.60. The standard InChI is InChI=1S/C17H18N2O4S/c1-23-12-7-5-11(6-8-12)15-18-10-14(24-15)16(20)19-9-3-2-4-13(19)17(21)22/h5-8,10,13H,2-4,9H2,1H3,(H,21,22)/t13-/m1/s1. The number of amides is 1. The Kier molecular flexibility index (Phi) is 4.80. The number of carbonyl (C=O) groups excluding carboxylic acids is 1. The van der Waals surface area contributed by atoms with Gasteiger partial charge >= 0.3 is 5.97 Å². The molecule has 0 aliphatic carbocycles. The molecule has 0 saturated carbocycles. The average Bonchev–Trinajstić information content (AvgIpc) is 3.11. The van der Waals surface area contributed by atoms with Crippen LogP contribution in [0.3, 0.4) is 0 Å². The predicted octanol–water partition coefficient (Wildman–Crippen LogP) is 2.90. The topological polar surface area (TPSA) is 79.7 Å². The van der Waals surface area contributed by atoms with Crippen LogP contribution in [0.25, 0.3) is 10.6 Å². The number of benzene rings is 1. The van der Waals surface area contributed by atoms with E-state index in [0.29, 0.717) is 17.8 Å². The number of carbonyl (C=O) groups is 2. The van der Waals surface area contributed by atoms with Crippen molar-refractivity contribution in [1.29, 1.82) is 0 Å². The number of thiazole rings is 1. The number of rotatable bonds is 4. The van der Waals surface area contributed by atoms with Crippen molar-refractivity contribution in [2.45, 2.75) is 25.3 Å². The molecule has 1 amide bonds. The van der Waals surface area contributed by atoms with Crippen LogP contribution in [0, 0.1) is 0 Å². The monoisotopic (exact) mass is 346 g/mol. The van der Waals surface area contributed by atoms with Gasteiger partial charge in [0.15, 0.2) is 0 Å². The third kappa shape index (κ3) is 3.26. The molecule has 0 bridgehead atoms. The van der Waals surface area contributed by atoms with Crippen molar-refractivity contribution in [3.63, 3.8) is 0 Å². The van der Waals surface area contributed by atoms with Crippen molar-refractivity contribution in [3.05, 3.63) is 35.3 Å². The van der Waals surface area contributed by atoms with Crippen molar-refractivity contribution in [3.8, 4) is 16.3 Å². The number of likely N-dealkylation sites (tertiary alicyclic amines) is 1. The molecule has 1 saturated heterocycles. The minimum Gasteiger partial charge on any atom is -0.497 e. The lowest BCUT2D eigenvalue weighted by Crippen LogP contribution is -2.47. The summed E-state index contributed by atoms with van der Waals surface area (Å²) < 4.78 is 5.13. The van der Waals surface area contributed by atoms with Gasteiger partial charge in [-0.25, -0.2) is 9.78 Å². The molecule has 6 nitrogen and oxygen atoms in total. The van der Waals surface area contributed by atoms with Crippen molar-refractivity contribution in [2.75, 3.05) is 13.7 Å². The summed E-state index contributed by atoms with van der Waals surface area (Å²) in [5.74, 6) is -0.438. The van der Waals surface area contributed by atoms with E-state index in [2.05, 4.69) is 4.98 Å². The first-order chi connectivity index (χ1) is 11.6. The predicted molar refractivity (Wildman–Crippen MR) is 90.4 cm³/mol. The summed E-state index contributed by atoms with van der Waals surface area (Å²) in [5.41, 5.74) is 0.897. The molecule has 3 rings (SSSR count). The number of hydrogen-bond donors (Lipinski definition) is 1. The van der Waals surface area contributed by atoms with E-state index in [1.54, 1.807) is 7.11 Å². The van der Waals surface area contributed by atoms with Crippen LogP contribution >= 0.6 is 11.3 Å². The zero-order chi connectivity index (χ0) is 17.1. The van der Waals surface area contributed by atoms with Gasteiger partial charge < -0.3 is 14.7 Å². The van der Waals surface area contributed by atoms with Crippen molar-refractivity contribution < 1.29 is 19.4 Å². The van der Waals surface area contributed by atoms with Crippen LogP contribution in [-0.4, -0.2) is 46.6 Å². The van der Waals surface area contributed by atoms with Gasteiger partial charge in [-0.05, 0) is 43.5 Å². The lowest BCUT2D eigenvalue weighted by molar-refractivity contribution is -0.143. The Morgan fingerprint density at radius 3 is 2.71 bits per heavy atom. The second-order valence-corrected chi connectivity index (χ2v) is 6.64. The van der Waals surface area contributed by atoms with Gasteiger partial charge in [0.2, 0.25) is 0 Å². The summed E-state index contributed by atoms with van der Waals surface area (Å²) >= 11 is 1.28. The number of nitrogens with zero attached hydrogens (tertiary/aromatic N) is 2. The first kappa shape index (κ1) is 16.4. The van der Waals surface area contributed by atoms with E-state index < -0.39 is 12.0 Å². The second kappa shape index (κ2) is 7.00. The zero-order valence-corrected chi connectivity index (χ0v) is 14.1. The van der Waals surface area contributed by atoms with Gasteiger partial charge in [0.25, 0.3) is 5.91 Å². The fourth-order valence-corrected chi connectivity index (χ4v) is 3.69. The number of hydrogen-bond acceptors (Lipinski definition) is 5. The third-order valence-corrected chi connectivity index (χ3v) is 5.14. The van der Waals surface area contributed by atoms with Gasteiger partial charge in [0.05, 0.1) is 13.3 Å². The SMILES string of the molecule is COc1ccc(-c2ncc(C(=O)N3CCCC[C@@H]3C(=O)O)s2)cc1. The molecule has 1 aromatic heterocycles. The van der Waals surface area contributed by atoms with Gasteiger partial charge in [-0.2, -0.15) is 0 Å². The first-order valence-electron chi connectivity index (χ1n) is 7.74. The highest BCUT2D eigenvalue weighted by Gasteiger charge is 2.33. The highest BCUT2D eigenvalue weighted by molar-refractivity contribution is 7.16. The van der Waals surface area contributed by atoms with Crippen LogP contribution in [0.2, 0.25) is 0 Å². The van der Waals surface area contributed by atoms with E-state index >= 15 is 0 Å². The van der Waals surface area contributed by atoms with Crippen molar-refractivity contribution in [2.24, 2.45) is 0 Å². The number of methoxy groups -OCH3 is 1. The van der Waals surface area contributed by atoms with Crippen LogP contribution in [-0.2, 0) is 4.79 Å². The molecule has 1 aliphatic rings. The maximum atomic E-state index is 12.7. The maximum Gasteiger partial charge on any atom is 0.326 e. The molecule has 0 spiro atoms. The highest BCUT2D eigenvalue weighted by Crippen LogP contribution is 2.29. The molecule has 1 aliphatic heterocycles. The van der Waals surface area contributed by atoms with Gasteiger partial charge in [-0.15, -0.1) is 11.3 Å². The lowest BCUT2D eigenvalue weighted by Gasteiger charge is -2.32. The summed E-state index contributed by atoms with van der Waals surface area (Å²) in [6.07, 6.45) is 3.70. The normalized spacial score (nSPS) is 17.5. The van der Waals surface area contributed by atoms with Gasteiger partial charge in [0.1, 0.15) is 21.7 Å². The Bertz CT molecular complexity index is 741. The molecule has 2 aromatic rings. The summed E-state index contributed by atoms with van der Waals surface area (Å²) in [6.45, 7) is 0.478. The van der Waals surface area contributed by atoms with Crippen LogP contribution in [0.15, 0.2) is 30.5 Å². The Labute approximate surface area is 143 Å². The Hall–Kier alpha value is -2.41. The van der Waals surface area contributed by atoms with Crippen LogP contribution in [0.4, 0.5) is 0 Å². The van der Waals surface area contributed by atoms with Crippen molar-refractivity contribution >= 4 is 23.2 Å². The molecule has 2 heterocycles. The molecule has 0 unspecified atom stereocenters. The molecule has 24 heavy (non-hydrogen) atoms. The van der Waals surface area contributed by atoms with E-state index in [1.165, 1.54) is 22.4 Å².